The molecule has 0 aromatic rings. The Bertz CT molecular complexity index is 171. The molecule has 1 aliphatic carbocycles. The van der Waals surface area contributed by atoms with Crippen molar-refractivity contribution in [2.45, 2.75) is 31.0 Å². The van der Waals surface area contributed by atoms with Crippen LogP contribution in [0.2, 0.25) is 0 Å². The first-order chi connectivity index (χ1) is 4.52. The van der Waals surface area contributed by atoms with Gasteiger partial charge in [0.1, 0.15) is 0 Å². The van der Waals surface area contributed by atoms with Gasteiger partial charge in [-0.25, -0.2) is 0 Å². The lowest BCUT2D eigenvalue weighted by Crippen LogP contribution is -2.28. The lowest BCUT2D eigenvalue weighted by molar-refractivity contribution is 0.353. The minimum Gasteiger partial charge on any atom is -0.327 e. The molecule has 6 heteroatoms. The van der Waals surface area contributed by atoms with Gasteiger partial charge in [0.2, 0.25) is 0 Å². The van der Waals surface area contributed by atoms with Crippen molar-refractivity contribution in [3.05, 3.63) is 0 Å². The average Bonchev–Trinajstić information content (AvgIpc) is 2.11. The van der Waals surface area contributed by atoms with Crippen LogP contribution < -0.4 is 5.73 Å². The van der Waals surface area contributed by atoms with Crippen LogP contribution in [0.25, 0.3) is 0 Å². The molecule has 0 unspecified atom stereocenters. The van der Waals surface area contributed by atoms with E-state index in [4.69, 9.17) is 15.5 Å². The maximum atomic E-state index is 10.7. The molecule has 0 heterocycles. The smallest absolute Gasteiger partial charge is 0.327 e. The van der Waals surface area contributed by atoms with Gasteiger partial charge in [0.15, 0.2) is 0 Å². The fourth-order valence-corrected chi connectivity index (χ4v) is 2.55. The van der Waals surface area contributed by atoms with E-state index in [0.717, 1.165) is 12.8 Å². The summed E-state index contributed by atoms with van der Waals surface area (Å²) in [5, 5.41) is 0. The van der Waals surface area contributed by atoms with Gasteiger partial charge in [0, 0.05) is 6.04 Å². The molecular formula is C5H13ClNO3P. The van der Waals surface area contributed by atoms with E-state index in [1.807, 2.05) is 0 Å². The van der Waals surface area contributed by atoms with Gasteiger partial charge in [-0.05, 0) is 12.8 Å². The first-order valence-corrected chi connectivity index (χ1v) is 5.01. The minimum absolute atomic E-state index is 0. The van der Waals surface area contributed by atoms with Crippen molar-refractivity contribution in [2.75, 3.05) is 0 Å². The third kappa shape index (κ3) is 2.73. The zero-order valence-corrected chi connectivity index (χ0v) is 7.72. The molecule has 4 N–H and O–H groups in total. The summed E-state index contributed by atoms with van der Waals surface area (Å²) in [6, 6.07) is -0.291. The van der Waals surface area contributed by atoms with Crippen molar-refractivity contribution < 1.29 is 14.4 Å². The van der Waals surface area contributed by atoms with Crippen LogP contribution in [0.3, 0.4) is 0 Å². The SMILES string of the molecule is Cl.N[C@H]1CCC[C@H]1P(=O)(O)O. The Hall–Kier alpha value is 0.400. The summed E-state index contributed by atoms with van der Waals surface area (Å²) in [4.78, 5) is 17.4. The van der Waals surface area contributed by atoms with Gasteiger partial charge in [0.05, 0.1) is 5.66 Å². The van der Waals surface area contributed by atoms with Crippen molar-refractivity contribution in [1.82, 2.24) is 0 Å². The second kappa shape index (κ2) is 3.87. The number of halogens is 1. The van der Waals surface area contributed by atoms with Gasteiger partial charge < -0.3 is 15.5 Å². The number of hydrogen-bond donors (Lipinski definition) is 3. The van der Waals surface area contributed by atoms with Gasteiger partial charge in [-0.2, -0.15) is 0 Å². The second-order valence-corrected chi connectivity index (χ2v) is 4.59. The highest BCUT2D eigenvalue weighted by Crippen LogP contribution is 2.48. The fraction of sp³-hybridized carbons (Fsp3) is 1.00. The highest BCUT2D eigenvalue weighted by atomic mass is 35.5. The molecule has 1 saturated carbocycles. The molecule has 0 aromatic heterocycles. The maximum Gasteiger partial charge on any atom is 0.330 e. The quantitative estimate of drug-likeness (QED) is 0.539. The molecule has 1 fully saturated rings. The molecule has 2 atom stereocenters. The molecule has 0 amide bonds. The fourth-order valence-electron chi connectivity index (χ4n) is 1.39. The van der Waals surface area contributed by atoms with Crippen LogP contribution in [0.15, 0.2) is 0 Å². The first kappa shape index (κ1) is 11.4. The molecule has 0 saturated heterocycles. The van der Waals surface area contributed by atoms with Gasteiger partial charge in [0.25, 0.3) is 0 Å². The van der Waals surface area contributed by atoms with Crippen molar-refractivity contribution in [1.29, 1.82) is 0 Å². The zero-order valence-electron chi connectivity index (χ0n) is 6.01. The topological polar surface area (TPSA) is 83.6 Å². The molecule has 11 heavy (non-hydrogen) atoms. The van der Waals surface area contributed by atoms with E-state index >= 15 is 0 Å². The van der Waals surface area contributed by atoms with E-state index in [1.54, 1.807) is 0 Å². The Morgan fingerprint density at radius 3 is 2.09 bits per heavy atom. The van der Waals surface area contributed by atoms with E-state index < -0.39 is 13.3 Å². The summed E-state index contributed by atoms with van der Waals surface area (Å²) in [5.74, 6) is 0. The van der Waals surface area contributed by atoms with Crippen LogP contribution in [-0.4, -0.2) is 21.5 Å². The zero-order chi connectivity index (χ0) is 7.78. The van der Waals surface area contributed by atoms with E-state index in [1.165, 1.54) is 0 Å². The van der Waals surface area contributed by atoms with E-state index in [-0.39, 0.29) is 18.4 Å². The Morgan fingerprint density at radius 2 is 1.91 bits per heavy atom. The lowest BCUT2D eigenvalue weighted by Gasteiger charge is -2.15. The highest BCUT2D eigenvalue weighted by molar-refractivity contribution is 7.52. The second-order valence-electron chi connectivity index (χ2n) is 2.75. The predicted octanol–water partition coefficient (Wildman–Crippen LogP) is 0.466. The van der Waals surface area contributed by atoms with Crippen molar-refractivity contribution in [3.63, 3.8) is 0 Å². The van der Waals surface area contributed by atoms with Crippen LogP contribution in [0.5, 0.6) is 0 Å². The van der Waals surface area contributed by atoms with Crippen LogP contribution in [-0.2, 0) is 4.57 Å². The molecule has 0 bridgehead atoms. The van der Waals surface area contributed by atoms with E-state index in [0.29, 0.717) is 6.42 Å². The first-order valence-electron chi connectivity index (χ1n) is 3.32. The Labute approximate surface area is 71.7 Å². The Kier molecular flexibility index (Phi) is 4.02. The summed E-state index contributed by atoms with van der Waals surface area (Å²) >= 11 is 0. The molecule has 0 aliphatic heterocycles. The summed E-state index contributed by atoms with van der Waals surface area (Å²) in [5.41, 5.74) is 4.90. The monoisotopic (exact) mass is 201 g/mol. The van der Waals surface area contributed by atoms with Crippen molar-refractivity contribution in [2.24, 2.45) is 5.73 Å². The third-order valence-electron chi connectivity index (χ3n) is 1.96. The number of rotatable bonds is 1. The highest BCUT2D eigenvalue weighted by Gasteiger charge is 2.37. The van der Waals surface area contributed by atoms with Gasteiger partial charge in [-0.15, -0.1) is 12.4 Å². The summed E-state index contributed by atoms with van der Waals surface area (Å²) < 4.78 is 10.7. The average molecular weight is 202 g/mol. The van der Waals surface area contributed by atoms with Gasteiger partial charge in [-0.3, -0.25) is 4.57 Å². The molecule has 1 aliphatic rings. The summed E-state index contributed by atoms with van der Waals surface area (Å²) in [7, 11) is -3.89. The normalized spacial score (nSPS) is 31.5. The van der Waals surface area contributed by atoms with Crippen LogP contribution in [0.1, 0.15) is 19.3 Å². The maximum absolute atomic E-state index is 10.7. The van der Waals surface area contributed by atoms with Crippen LogP contribution in [0.4, 0.5) is 0 Å². The van der Waals surface area contributed by atoms with Crippen molar-refractivity contribution in [3.8, 4) is 0 Å². The Morgan fingerprint density at radius 1 is 1.36 bits per heavy atom. The molecule has 0 radical (unpaired) electrons. The molecule has 0 aromatic carbocycles. The van der Waals surface area contributed by atoms with E-state index in [2.05, 4.69) is 0 Å². The molecular weight excluding hydrogens is 188 g/mol. The minimum atomic E-state index is -3.89. The summed E-state index contributed by atoms with van der Waals surface area (Å²) in [6.07, 6.45) is 2.16. The van der Waals surface area contributed by atoms with Gasteiger partial charge in [-0.1, -0.05) is 6.42 Å². The molecule has 0 spiro atoms. The predicted molar refractivity (Wildman–Crippen MR) is 44.9 cm³/mol. The largest absolute Gasteiger partial charge is 0.330 e. The number of hydrogen-bond acceptors (Lipinski definition) is 2. The third-order valence-corrected chi connectivity index (χ3v) is 3.47. The number of nitrogens with two attached hydrogens (primary N) is 1. The van der Waals surface area contributed by atoms with E-state index in [9.17, 15) is 4.57 Å². The standard InChI is InChI=1S/C5H12NO3P.ClH/c6-4-2-1-3-5(4)10(7,8)9;/h4-5H,1-3,6H2,(H2,7,8,9);1H/t4-,5+;/m0./s1. The van der Waals surface area contributed by atoms with Crippen LogP contribution >= 0.6 is 20.0 Å². The molecule has 4 nitrogen and oxygen atoms in total. The van der Waals surface area contributed by atoms with Gasteiger partial charge >= 0.3 is 7.60 Å². The lowest BCUT2D eigenvalue weighted by atomic mass is 10.3. The van der Waals surface area contributed by atoms with Crippen molar-refractivity contribution >= 4 is 20.0 Å². The molecule has 1 rings (SSSR count). The van der Waals surface area contributed by atoms with Crippen LogP contribution in [0, 0.1) is 0 Å². The molecule has 68 valence electrons. The summed E-state index contributed by atoms with van der Waals surface area (Å²) in [6.45, 7) is 0. The Balaban J connectivity index is 0.000001000.